The van der Waals surface area contributed by atoms with Crippen LogP contribution in [0.1, 0.15) is 34.7 Å². The van der Waals surface area contributed by atoms with E-state index in [1.165, 1.54) is 6.92 Å². The van der Waals surface area contributed by atoms with E-state index in [0.717, 1.165) is 39.9 Å². The number of halogens is 3. The third-order valence-corrected chi connectivity index (χ3v) is 7.02. The van der Waals surface area contributed by atoms with Crippen LogP contribution in [0.2, 0.25) is 0 Å². The molecule has 1 aliphatic heterocycles. The number of aliphatic imine (C=N–C) groups is 1. The highest BCUT2D eigenvalue weighted by Gasteiger charge is 2.44. The third kappa shape index (κ3) is 8.86. The van der Waals surface area contributed by atoms with Crippen LogP contribution in [0.4, 0.5) is 13.2 Å². The van der Waals surface area contributed by atoms with E-state index < -0.39 is 15.6 Å². The Labute approximate surface area is 253 Å². The van der Waals surface area contributed by atoms with Gasteiger partial charge in [0.05, 0.1) is 21.3 Å². The van der Waals surface area contributed by atoms with Crippen molar-refractivity contribution in [1.82, 2.24) is 0 Å². The highest BCUT2D eigenvalue weighted by molar-refractivity contribution is 7.86. The highest BCUT2D eigenvalue weighted by Crippen LogP contribution is 2.37. The van der Waals surface area contributed by atoms with Gasteiger partial charge < -0.3 is 23.7 Å². The highest BCUT2D eigenvalue weighted by atomic mass is 32.2. The zero-order valence-electron chi connectivity index (χ0n) is 24.4. The Kier molecular flexibility index (Phi) is 11.6. The van der Waals surface area contributed by atoms with Crippen molar-refractivity contribution in [3.63, 3.8) is 0 Å². The second-order valence-corrected chi connectivity index (χ2v) is 10.7. The van der Waals surface area contributed by atoms with Crippen LogP contribution in [0, 0.1) is 0 Å². The smallest absolute Gasteiger partial charge is 0.493 e. The summed E-state index contributed by atoms with van der Waals surface area (Å²) in [5, 5.41) is 0. The number of carbonyl (C=O) groups is 1. The molecule has 4 rings (SSSR count). The van der Waals surface area contributed by atoms with Gasteiger partial charge in [-0.15, -0.1) is 0 Å². The number of rotatable bonds is 10. The molecule has 0 saturated carbocycles. The molecule has 44 heavy (non-hydrogen) atoms. The summed E-state index contributed by atoms with van der Waals surface area (Å²) >= 11 is 0. The topological polar surface area (TPSA) is 130 Å². The van der Waals surface area contributed by atoms with Crippen molar-refractivity contribution in [2.45, 2.75) is 38.5 Å². The van der Waals surface area contributed by atoms with Gasteiger partial charge in [-0.2, -0.15) is 21.6 Å². The molecule has 0 spiro atoms. The molecule has 0 bridgehead atoms. The molecule has 0 amide bonds. The van der Waals surface area contributed by atoms with Crippen LogP contribution in [0.3, 0.4) is 0 Å². The number of carbonyl (C=O) groups excluding carboxylic acids is 1. The lowest BCUT2D eigenvalue weighted by Gasteiger charge is -2.22. The fourth-order valence-corrected chi connectivity index (χ4v) is 4.34. The third-order valence-electron chi connectivity index (χ3n) is 6.44. The molecule has 0 unspecified atom stereocenters. The monoisotopic (exact) mass is 639 g/mol. The van der Waals surface area contributed by atoms with Gasteiger partial charge in [-0.3, -0.25) is 14.3 Å². The van der Waals surface area contributed by atoms with E-state index in [9.17, 15) is 18.0 Å². The predicted octanol–water partition coefficient (Wildman–Crippen LogP) is 5.34. The van der Waals surface area contributed by atoms with E-state index in [2.05, 4.69) is 0 Å². The minimum absolute atomic E-state index is 0.0719. The molecule has 0 radical (unpaired) electrons. The molecule has 0 aromatic heterocycles. The van der Waals surface area contributed by atoms with E-state index in [4.69, 9.17) is 41.6 Å². The molecule has 1 heterocycles. The van der Waals surface area contributed by atoms with Crippen LogP contribution in [0.15, 0.2) is 59.6 Å². The standard InChI is InChI=1S/C29H31NO6.CHF3O3S/c1-19(31)35-18-24-21(10-11-26(29(24)34-4)36-17-20-8-6-5-7-9-20)14-25-23-16-28(33-3)27(32-2)15-22(23)12-13-30-25;2-1(3,4)8(5,6)7/h5-11,15-16H,12-14,17-18H2,1-4H3;(H,5,6,7). The molecule has 1 N–H and O–H groups in total. The lowest BCUT2D eigenvalue weighted by atomic mass is 9.91. The van der Waals surface area contributed by atoms with Gasteiger partial charge in [0.25, 0.3) is 0 Å². The molecule has 0 aliphatic carbocycles. The molecule has 0 atom stereocenters. The number of esters is 1. The normalized spacial score (nSPS) is 12.6. The van der Waals surface area contributed by atoms with E-state index in [1.54, 1.807) is 21.3 Å². The first-order valence-corrected chi connectivity index (χ1v) is 14.5. The van der Waals surface area contributed by atoms with Gasteiger partial charge in [0.15, 0.2) is 23.0 Å². The van der Waals surface area contributed by atoms with Crippen molar-refractivity contribution in [3.8, 4) is 23.0 Å². The van der Waals surface area contributed by atoms with Crippen molar-refractivity contribution in [2.24, 2.45) is 4.99 Å². The molecular formula is C30H32F3NO9S. The van der Waals surface area contributed by atoms with Crippen LogP contribution in [-0.2, 0) is 45.7 Å². The van der Waals surface area contributed by atoms with Gasteiger partial charge in [-0.1, -0.05) is 36.4 Å². The number of alkyl halides is 3. The van der Waals surface area contributed by atoms with E-state index in [-0.39, 0.29) is 12.6 Å². The van der Waals surface area contributed by atoms with Gasteiger partial charge in [0.2, 0.25) is 0 Å². The minimum atomic E-state index is -5.84. The van der Waals surface area contributed by atoms with Crippen LogP contribution >= 0.6 is 0 Å². The van der Waals surface area contributed by atoms with E-state index in [0.29, 0.717) is 42.6 Å². The molecule has 10 nitrogen and oxygen atoms in total. The second-order valence-electron chi connectivity index (χ2n) is 9.33. The maximum Gasteiger partial charge on any atom is 0.522 e. The predicted molar refractivity (Wildman–Crippen MR) is 155 cm³/mol. The van der Waals surface area contributed by atoms with Crippen LogP contribution in [-0.4, -0.2) is 58.0 Å². The van der Waals surface area contributed by atoms with Crippen molar-refractivity contribution in [1.29, 1.82) is 0 Å². The Balaban J connectivity index is 0.000000583. The molecule has 0 saturated heterocycles. The van der Waals surface area contributed by atoms with Crippen LogP contribution < -0.4 is 18.9 Å². The largest absolute Gasteiger partial charge is 0.522 e. The zero-order chi connectivity index (χ0) is 32.5. The van der Waals surface area contributed by atoms with Gasteiger partial charge in [0.1, 0.15) is 13.2 Å². The molecule has 1 aliphatic rings. The number of ether oxygens (including phenoxy) is 5. The number of fused-ring (bicyclic) bond motifs is 1. The molecule has 0 fully saturated rings. The Bertz CT molecular complexity index is 1590. The maximum absolute atomic E-state index is 11.7. The number of benzene rings is 3. The van der Waals surface area contributed by atoms with Crippen LogP contribution in [0.25, 0.3) is 0 Å². The first-order valence-electron chi connectivity index (χ1n) is 13.1. The average molecular weight is 640 g/mol. The first-order chi connectivity index (χ1) is 20.8. The van der Waals surface area contributed by atoms with Gasteiger partial charge in [0, 0.05) is 36.7 Å². The van der Waals surface area contributed by atoms with E-state index >= 15 is 0 Å². The number of nitrogens with zero attached hydrogens (tertiary/aromatic N) is 1. The summed E-state index contributed by atoms with van der Waals surface area (Å²) in [4.78, 5) is 16.5. The molecule has 14 heteroatoms. The number of methoxy groups -OCH3 is 3. The van der Waals surface area contributed by atoms with E-state index in [1.807, 2.05) is 54.6 Å². The summed E-state index contributed by atoms with van der Waals surface area (Å²) in [6.07, 6.45) is 1.36. The molecule has 238 valence electrons. The lowest BCUT2D eigenvalue weighted by molar-refractivity contribution is -0.142. The van der Waals surface area contributed by atoms with Crippen molar-refractivity contribution < 1.29 is 54.6 Å². The van der Waals surface area contributed by atoms with Gasteiger partial charge in [-0.05, 0) is 41.3 Å². The summed E-state index contributed by atoms with van der Waals surface area (Å²) < 4.78 is 85.8. The van der Waals surface area contributed by atoms with Gasteiger partial charge in [-0.25, -0.2) is 0 Å². The fourth-order valence-electron chi connectivity index (χ4n) is 4.34. The van der Waals surface area contributed by atoms with Crippen molar-refractivity contribution >= 4 is 21.8 Å². The zero-order valence-corrected chi connectivity index (χ0v) is 25.3. The molecular weight excluding hydrogens is 607 g/mol. The Morgan fingerprint density at radius 1 is 0.932 bits per heavy atom. The Hall–Kier alpha value is -4.30. The number of hydrogen-bond acceptors (Lipinski definition) is 9. The summed E-state index contributed by atoms with van der Waals surface area (Å²) in [5.41, 5.74) is 0.335. The fraction of sp³-hybridized carbons (Fsp3) is 0.333. The number of hydrogen-bond donors (Lipinski definition) is 1. The summed E-state index contributed by atoms with van der Waals surface area (Å²) in [6, 6.07) is 17.8. The first kappa shape index (κ1) is 34.2. The summed E-state index contributed by atoms with van der Waals surface area (Å²) in [5.74, 6) is 2.14. The summed E-state index contributed by atoms with van der Waals surface area (Å²) in [7, 11) is -0.986. The minimum Gasteiger partial charge on any atom is -0.493 e. The quantitative estimate of drug-likeness (QED) is 0.178. The lowest BCUT2D eigenvalue weighted by Crippen LogP contribution is -2.21. The average Bonchev–Trinajstić information content (AvgIpc) is 2.98. The molecule has 3 aromatic carbocycles. The second kappa shape index (κ2) is 14.9. The Morgan fingerprint density at radius 3 is 2.14 bits per heavy atom. The Morgan fingerprint density at radius 2 is 1.57 bits per heavy atom. The SMILES string of the molecule is COc1cc2c(cc1OC)C(Cc1ccc(OCc3ccccc3)c(OC)c1COC(C)=O)=NCC2.O=S(=O)(O)C(F)(F)F. The van der Waals surface area contributed by atoms with Gasteiger partial charge >= 0.3 is 21.6 Å². The maximum atomic E-state index is 11.7. The van der Waals surface area contributed by atoms with Crippen molar-refractivity contribution in [2.75, 3.05) is 27.9 Å². The molecule has 3 aromatic rings. The van der Waals surface area contributed by atoms with Crippen LogP contribution in [0.5, 0.6) is 23.0 Å². The summed E-state index contributed by atoms with van der Waals surface area (Å²) in [6.45, 7) is 2.54. The van der Waals surface area contributed by atoms with Crippen molar-refractivity contribution in [3.05, 3.63) is 82.4 Å².